The number of hydrogen-bond acceptors (Lipinski definition) is 7. The molecule has 2 atom stereocenters. The van der Waals surface area contributed by atoms with E-state index in [1.54, 1.807) is 11.3 Å². The van der Waals surface area contributed by atoms with Crippen molar-refractivity contribution < 1.29 is 9.32 Å². The molecular formula is C25H31N5O2S. The van der Waals surface area contributed by atoms with Crippen LogP contribution in [0.25, 0.3) is 10.7 Å². The lowest BCUT2D eigenvalue weighted by atomic mass is 9.96. The summed E-state index contributed by atoms with van der Waals surface area (Å²) in [4.78, 5) is 23.2. The summed E-state index contributed by atoms with van der Waals surface area (Å²) in [5.74, 6) is 1.34. The second-order valence-electron chi connectivity index (χ2n) is 9.08. The molecular weight excluding hydrogens is 434 g/mol. The number of benzene rings is 1. The van der Waals surface area contributed by atoms with Crippen molar-refractivity contribution in [2.75, 3.05) is 31.1 Å². The van der Waals surface area contributed by atoms with Gasteiger partial charge in [-0.15, -0.1) is 11.3 Å². The minimum atomic E-state index is -0.0234. The topological polar surface area (TPSA) is 74.5 Å². The van der Waals surface area contributed by atoms with Gasteiger partial charge in [0.05, 0.1) is 23.4 Å². The summed E-state index contributed by atoms with van der Waals surface area (Å²) in [6, 6.07) is 12.6. The van der Waals surface area contributed by atoms with Crippen LogP contribution in [0.4, 0.5) is 5.69 Å². The molecule has 1 amide bonds. The Morgan fingerprint density at radius 1 is 1.18 bits per heavy atom. The van der Waals surface area contributed by atoms with Crippen LogP contribution in [0.15, 0.2) is 46.3 Å². The van der Waals surface area contributed by atoms with Crippen molar-refractivity contribution >= 4 is 22.9 Å². The number of carbonyl (C=O) groups is 1. The molecule has 2 saturated heterocycles. The van der Waals surface area contributed by atoms with E-state index in [9.17, 15) is 4.79 Å². The number of thiophene rings is 1. The maximum Gasteiger partial charge on any atom is 0.241 e. The number of piperidine rings is 1. The van der Waals surface area contributed by atoms with E-state index in [0.717, 1.165) is 42.9 Å². The van der Waals surface area contributed by atoms with Gasteiger partial charge in [0.1, 0.15) is 0 Å². The minimum absolute atomic E-state index is 0.00945. The summed E-state index contributed by atoms with van der Waals surface area (Å²) in [7, 11) is 0. The van der Waals surface area contributed by atoms with Crippen molar-refractivity contribution in [2.24, 2.45) is 5.92 Å². The monoisotopic (exact) mass is 465 g/mol. The van der Waals surface area contributed by atoms with Gasteiger partial charge < -0.3 is 14.7 Å². The number of carbonyl (C=O) groups excluding carboxylic acids is 1. The van der Waals surface area contributed by atoms with Gasteiger partial charge in [-0.2, -0.15) is 4.98 Å². The number of hydrogen-bond donors (Lipinski definition) is 1. The van der Waals surface area contributed by atoms with E-state index < -0.39 is 0 Å². The molecule has 2 unspecified atom stereocenters. The molecule has 1 aromatic carbocycles. The summed E-state index contributed by atoms with van der Waals surface area (Å²) < 4.78 is 5.46. The Balaban J connectivity index is 1.14. The molecule has 3 aromatic rings. The summed E-state index contributed by atoms with van der Waals surface area (Å²) in [6.45, 7) is 6.58. The van der Waals surface area contributed by atoms with Crippen LogP contribution in [-0.4, -0.2) is 47.1 Å². The maximum atomic E-state index is 13.0. The number of amides is 1. The van der Waals surface area contributed by atoms with Gasteiger partial charge in [-0.05, 0) is 68.3 Å². The Hall–Kier alpha value is -2.71. The molecule has 0 saturated carbocycles. The second kappa shape index (κ2) is 10.1. The fourth-order valence-electron chi connectivity index (χ4n) is 4.79. The molecule has 8 heteroatoms. The summed E-state index contributed by atoms with van der Waals surface area (Å²) in [5.41, 5.74) is 2.42. The third-order valence-electron chi connectivity index (χ3n) is 6.67. The van der Waals surface area contributed by atoms with Gasteiger partial charge in [-0.25, -0.2) is 0 Å². The van der Waals surface area contributed by atoms with Gasteiger partial charge in [-0.1, -0.05) is 23.4 Å². The summed E-state index contributed by atoms with van der Waals surface area (Å²) in [6.07, 6.45) is 4.44. The third-order valence-corrected chi connectivity index (χ3v) is 7.53. The summed E-state index contributed by atoms with van der Waals surface area (Å²) >= 11 is 1.60. The van der Waals surface area contributed by atoms with Crippen molar-refractivity contribution in [1.82, 2.24) is 20.4 Å². The van der Waals surface area contributed by atoms with Crippen molar-refractivity contribution in [3.63, 3.8) is 0 Å². The highest BCUT2D eigenvalue weighted by Gasteiger charge is 2.28. The number of aromatic nitrogens is 2. The van der Waals surface area contributed by atoms with Crippen molar-refractivity contribution in [3.05, 3.63) is 53.2 Å². The van der Waals surface area contributed by atoms with Crippen LogP contribution in [0.1, 0.15) is 50.1 Å². The third kappa shape index (κ3) is 5.28. The molecule has 0 aliphatic carbocycles. The predicted molar refractivity (Wildman–Crippen MR) is 130 cm³/mol. The van der Waals surface area contributed by atoms with Crippen LogP contribution in [0.3, 0.4) is 0 Å². The van der Waals surface area contributed by atoms with Crippen molar-refractivity contribution in [2.45, 2.75) is 45.2 Å². The van der Waals surface area contributed by atoms with Crippen LogP contribution in [-0.2, 0) is 11.3 Å². The zero-order chi connectivity index (χ0) is 22.6. The zero-order valence-corrected chi connectivity index (χ0v) is 19.9. The zero-order valence-electron chi connectivity index (χ0n) is 19.1. The van der Waals surface area contributed by atoms with Gasteiger partial charge in [0.2, 0.25) is 17.6 Å². The molecule has 1 N–H and O–H groups in total. The van der Waals surface area contributed by atoms with Crippen LogP contribution in [0.5, 0.6) is 0 Å². The molecule has 4 heterocycles. The molecule has 2 aliphatic rings. The van der Waals surface area contributed by atoms with Crippen LogP contribution in [0, 0.1) is 5.92 Å². The number of nitrogens with one attached hydrogen (secondary N) is 1. The van der Waals surface area contributed by atoms with Crippen LogP contribution >= 0.6 is 11.3 Å². The first-order valence-corrected chi connectivity index (χ1v) is 12.8. The molecule has 2 aliphatic heterocycles. The molecule has 0 radical (unpaired) electrons. The largest absolute Gasteiger partial charge is 0.372 e. The quantitative estimate of drug-likeness (QED) is 0.554. The number of anilines is 1. The molecule has 7 nitrogen and oxygen atoms in total. The van der Waals surface area contributed by atoms with Crippen LogP contribution in [0.2, 0.25) is 0 Å². The smallest absolute Gasteiger partial charge is 0.241 e. The minimum Gasteiger partial charge on any atom is -0.372 e. The van der Waals surface area contributed by atoms with E-state index in [1.165, 1.54) is 18.5 Å². The molecule has 5 rings (SSSR count). The van der Waals surface area contributed by atoms with E-state index in [0.29, 0.717) is 24.8 Å². The summed E-state index contributed by atoms with van der Waals surface area (Å²) in [5, 5.41) is 9.33. The highest BCUT2D eigenvalue weighted by atomic mass is 32.1. The molecule has 2 fully saturated rings. The van der Waals surface area contributed by atoms with Gasteiger partial charge in [0.25, 0.3) is 0 Å². The van der Waals surface area contributed by atoms with Gasteiger partial charge in [0, 0.05) is 25.3 Å². The first kappa shape index (κ1) is 22.1. The molecule has 174 valence electrons. The number of nitrogens with zero attached hydrogens (tertiary/aromatic N) is 4. The average molecular weight is 466 g/mol. The first-order valence-electron chi connectivity index (χ1n) is 11.9. The second-order valence-corrected chi connectivity index (χ2v) is 10.0. The number of rotatable bonds is 7. The standard InChI is InChI=1S/C25H31N5O2S/c1-18(19-8-10-21(11-9-19)30-13-2-3-14-30)26-25(31)20-6-4-12-29(16-20)17-23-27-24(28-32-23)22-7-5-15-33-22/h5,7-11,15,18,20H,2-4,6,12-14,16-17H2,1H3,(H,26,31). The fraction of sp³-hybridized carbons (Fsp3) is 0.480. The Bertz CT molecular complexity index is 1040. The average Bonchev–Trinajstić information content (AvgIpc) is 3.62. The van der Waals surface area contributed by atoms with E-state index in [1.807, 2.05) is 17.5 Å². The maximum absolute atomic E-state index is 13.0. The SMILES string of the molecule is CC(NC(=O)C1CCCN(Cc2nc(-c3cccs3)no2)C1)c1ccc(N2CCCC2)cc1. The lowest BCUT2D eigenvalue weighted by Crippen LogP contribution is -2.43. The van der Waals surface area contributed by atoms with Gasteiger partial charge in [-0.3, -0.25) is 9.69 Å². The molecule has 33 heavy (non-hydrogen) atoms. The Kier molecular flexibility index (Phi) is 6.73. The normalized spacial score (nSPS) is 20.2. The Morgan fingerprint density at radius 2 is 2.00 bits per heavy atom. The molecule has 0 bridgehead atoms. The fourth-order valence-corrected chi connectivity index (χ4v) is 5.44. The Labute approximate surface area is 198 Å². The van der Waals surface area contributed by atoms with Gasteiger partial charge >= 0.3 is 0 Å². The van der Waals surface area contributed by atoms with Crippen molar-refractivity contribution in [3.8, 4) is 10.7 Å². The highest BCUT2D eigenvalue weighted by molar-refractivity contribution is 7.13. The number of likely N-dealkylation sites (tertiary alicyclic amines) is 1. The first-order chi connectivity index (χ1) is 16.2. The lowest BCUT2D eigenvalue weighted by Gasteiger charge is -2.31. The van der Waals surface area contributed by atoms with Crippen LogP contribution < -0.4 is 10.2 Å². The van der Waals surface area contributed by atoms with E-state index in [2.05, 4.69) is 56.4 Å². The lowest BCUT2D eigenvalue weighted by molar-refractivity contribution is -0.127. The highest BCUT2D eigenvalue weighted by Crippen LogP contribution is 2.25. The van der Waals surface area contributed by atoms with E-state index in [-0.39, 0.29) is 17.9 Å². The van der Waals surface area contributed by atoms with E-state index >= 15 is 0 Å². The Morgan fingerprint density at radius 3 is 2.76 bits per heavy atom. The van der Waals surface area contributed by atoms with E-state index in [4.69, 9.17) is 4.52 Å². The van der Waals surface area contributed by atoms with Gasteiger partial charge in [0.15, 0.2) is 0 Å². The predicted octanol–water partition coefficient (Wildman–Crippen LogP) is 4.49. The molecule has 0 spiro atoms. The van der Waals surface area contributed by atoms with Crippen molar-refractivity contribution in [1.29, 1.82) is 0 Å². The molecule has 2 aromatic heterocycles.